The third kappa shape index (κ3) is 8.25. The molecule has 1 aliphatic rings. The van der Waals surface area contributed by atoms with Crippen LogP contribution in [0.5, 0.6) is 0 Å². The molecule has 2 amide bonds. The number of carbonyl (C=O) groups is 2. The Labute approximate surface area is 232 Å². The van der Waals surface area contributed by atoms with Crippen LogP contribution in [-0.2, 0) is 44.1 Å². The summed E-state index contributed by atoms with van der Waals surface area (Å²) in [7, 11) is 0. The first-order chi connectivity index (χ1) is 18.8. The summed E-state index contributed by atoms with van der Waals surface area (Å²) in [5.74, 6) is -0.252. The van der Waals surface area contributed by atoms with Crippen LogP contribution in [0.1, 0.15) is 43.0 Å². The number of nitrogens with zero attached hydrogens (tertiary/aromatic N) is 2. The first-order valence-electron chi connectivity index (χ1n) is 13.7. The molecule has 39 heavy (non-hydrogen) atoms. The fourth-order valence-electron chi connectivity index (χ4n) is 4.76. The minimum absolute atomic E-state index is 0.0292. The van der Waals surface area contributed by atoms with Crippen LogP contribution in [0.3, 0.4) is 0 Å². The van der Waals surface area contributed by atoms with Gasteiger partial charge in [-0.15, -0.1) is 0 Å². The molecule has 0 bridgehead atoms. The number of hydrogen-bond donors (Lipinski definition) is 0. The fourth-order valence-corrected chi connectivity index (χ4v) is 4.76. The predicted octanol–water partition coefficient (Wildman–Crippen LogP) is 5.00. The maximum absolute atomic E-state index is 14.0. The molecular weight excluding hydrogens is 488 g/mol. The molecule has 206 valence electrons. The van der Waals surface area contributed by atoms with Gasteiger partial charge < -0.3 is 19.3 Å². The largest absolute Gasteiger partial charge is 0.378 e. The summed E-state index contributed by atoms with van der Waals surface area (Å²) >= 11 is 0. The van der Waals surface area contributed by atoms with E-state index in [0.29, 0.717) is 45.9 Å². The molecule has 1 heterocycles. The number of benzene rings is 3. The average molecular weight is 529 g/mol. The number of ether oxygens (including phenoxy) is 2. The van der Waals surface area contributed by atoms with Crippen LogP contribution in [0.25, 0.3) is 0 Å². The highest BCUT2D eigenvalue weighted by Gasteiger charge is 2.34. The SMILES string of the molecule is CC(C)(C)c1ccc(CN(C(=O)COCc2ccccc2)C(Cc2ccccc2)C(=O)N2CCOCC2)cc1. The molecule has 4 rings (SSSR count). The van der Waals surface area contributed by atoms with Crippen LogP contribution in [0, 0.1) is 0 Å². The van der Waals surface area contributed by atoms with E-state index in [1.54, 1.807) is 4.90 Å². The number of rotatable bonds is 10. The Bertz CT molecular complexity index is 1180. The second kappa shape index (κ2) is 13.5. The van der Waals surface area contributed by atoms with Gasteiger partial charge in [0.1, 0.15) is 12.6 Å². The summed E-state index contributed by atoms with van der Waals surface area (Å²) in [5.41, 5.74) is 4.24. The van der Waals surface area contributed by atoms with Crippen molar-refractivity contribution in [3.63, 3.8) is 0 Å². The van der Waals surface area contributed by atoms with Gasteiger partial charge in [0.15, 0.2) is 0 Å². The lowest BCUT2D eigenvalue weighted by Gasteiger charge is -2.36. The molecule has 1 saturated heterocycles. The van der Waals surface area contributed by atoms with E-state index in [9.17, 15) is 9.59 Å². The summed E-state index contributed by atoms with van der Waals surface area (Å²) < 4.78 is 11.3. The molecule has 0 saturated carbocycles. The van der Waals surface area contributed by atoms with E-state index in [-0.39, 0.29) is 23.8 Å². The molecule has 0 aliphatic carbocycles. The number of hydrogen-bond acceptors (Lipinski definition) is 4. The molecule has 3 aromatic carbocycles. The molecule has 0 radical (unpaired) electrons. The van der Waals surface area contributed by atoms with Crippen LogP contribution in [0.2, 0.25) is 0 Å². The Hall–Kier alpha value is -3.48. The van der Waals surface area contributed by atoms with Crippen LogP contribution >= 0.6 is 0 Å². The zero-order valence-electron chi connectivity index (χ0n) is 23.3. The Morgan fingerprint density at radius 2 is 1.44 bits per heavy atom. The molecule has 1 unspecified atom stereocenters. The van der Waals surface area contributed by atoms with E-state index < -0.39 is 6.04 Å². The summed E-state index contributed by atoms with van der Waals surface area (Å²) in [4.78, 5) is 31.3. The van der Waals surface area contributed by atoms with E-state index in [1.807, 2.05) is 65.6 Å². The van der Waals surface area contributed by atoms with E-state index in [1.165, 1.54) is 5.56 Å². The summed E-state index contributed by atoms with van der Waals surface area (Å²) in [6.07, 6.45) is 0.432. The molecule has 1 atom stereocenters. The van der Waals surface area contributed by atoms with Crippen molar-refractivity contribution >= 4 is 11.8 Å². The zero-order chi connectivity index (χ0) is 27.7. The highest BCUT2D eigenvalue weighted by molar-refractivity contribution is 5.88. The van der Waals surface area contributed by atoms with Gasteiger partial charge >= 0.3 is 0 Å². The summed E-state index contributed by atoms with van der Waals surface area (Å²) in [6, 6.07) is 27.4. The third-order valence-corrected chi connectivity index (χ3v) is 7.09. The van der Waals surface area contributed by atoms with Crippen molar-refractivity contribution in [1.82, 2.24) is 9.80 Å². The Balaban J connectivity index is 1.60. The second-order valence-corrected chi connectivity index (χ2v) is 11.1. The first-order valence-corrected chi connectivity index (χ1v) is 13.7. The van der Waals surface area contributed by atoms with Gasteiger partial charge in [-0.05, 0) is 27.7 Å². The van der Waals surface area contributed by atoms with E-state index in [2.05, 4.69) is 45.0 Å². The lowest BCUT2D eigenvalue weighted by molar-refractivity contribution is -0.151. The van der Waals surface area contributed by atoms with Crippen LogP contribution < -0.4 is 0 Å². The molecule has 3 aromatic rings. The van der Waals surface area contributed by atoms with Crippen molar-refractivity contribution in [1.29, 1.82) is 0 Å². The molecule has 0 aromatic heterocycles. The monoisotopic (exact) mass is 528 g/mol. The van der Waals surface area contributed by atoms with Gasteiger partial charge in [0.05, 0.1) is 19.8 Å². The van der Waals surface area contributed by atoms with Gasteiger partial charge in [-0.3, -0.25) is 9.59 Å². The normalized spacial score (nSPS) is 14.6. The lowest BCUT2D eigenvalue weighted by Crippen LogP contribution is -2.54. The van der Waals surface area contributed by atoms with Crippen molar-refractivity contribution in [3.8, 4) is 0 Å². The highest BCUT2D eigenvalue weighted by atomic mass is 16.5. The Morgan fingerprint density at radius 3 is 2.03 bits per heavy atom. The molecule has 6 heteroatoms. The molecule has 0 spiro atoms. The van der Waals surface area contributed by atoms with Gasteiger partial charge in [-0.1, -0.05) is 106 Å². The number of morpholine rings is 1. The van der Waals surface area contributed by atoms with Crippen molar-refractivity contribution in [3.05, 3.63) is 107 Å². The first kappa shape index (κ1) is 28.5. The van der Waals surface area contributed by atoms with Crippen LogP contribution in [-0.4, -0.2) is 60.6 Å². The van der Waals surface area contributed by atoms with E-state index in [0.717, 1.165) is 16.7 Å². The second-order valence-electron chi connectivity index (χ2n) is 11.1. The smallest absolute Gasteiger partial charge is 0.249 e. The minimum atomic E-state index is -0.652. The standard InChI is InChI=1S/C33H40N2O4/c1-33(2,3)29-16-14-27(15-17-29)23-35(31(36)25-39-24-28-12-8-5-9-13-28)30(22-26-10-6-4-7-11-26)32(37)34-18-20-38-21-19-34/h4-17,30H,18-25H2,1-3H3. The van der Waals surface area contributed by atoms with Crippen molar-refractivity contribution in [2.45, 2.75) is 51.8 Å². The zero-order valence-corrected chi connectivity index (χ0v) is 23.3. The third-order valence-electron chi connectivity index (χ3n) is 7.09. The fraction of sp³-hybridized carbons (Fsp3) is 0.394. The van der Waals surface area contributed by atoms with Crippen LogP contribution in [0.15, 0.2) is 84.9 Å². The minimum Gasteiger partial charge on any atom is -0.378 e. The maximum atomic E-state index is 14.0. The summed E-state index contributed by atoms with van der Waals surface area (Å²) in [5, 5.41) is 0. The molecule has 1 aliphatic heterocycles. The molecule has 6 nitrogen and oxygen atoms in total. The van der Waals surface area contributed by atoms with E-state index >= 15 is 0 Å². The number of carbonyl (C=O) groups excluding carboxylic acids is 2. The predicted molar refractivity (Wildman–Crippen MR) is 153 cm³/mol. The maximum Gasteiger partial charge on any atom is 0.249 e. The van der Waals surface area contributed by atoms with Gasteiger partial charge in [0, 0.05) is 26.1 Å². The van der Waals surface area contributed by atoms with Crippen molar-refractivity contribution in [2.24, 2.45) is 0 Å². The van der Waals surface area contributed by atoms with Gasteiger partial charge in [0.25, 0.3) is 0 Å². The number of amides is 2. The average Bonchev–Trinajstić information content (AvgIpc) is 2.96. The Kier molecular flexibility index (Phi) is 9.90. The molecule has 0 N–H and O–H groups in total. The van der Waals surface area contributed by atoms with Gasteiger partial charge in [0.2, 0.25) is 11.8 Å². The molecular formula is C33H40N2O4. The van der Waals surface area contributed by atoms with Gasteiger partial charge in [-0.25, -0.2) is 0 Å². The van der Waals surface area contributed by atoms with Gasteiger partial charge in [-0.2, -0.15) is 0 Å². The topological polar surface area (TPSA) is 59.1 Å². The van der Waals surface area contributed by atoms with Crippen LogP contribution in [0.4, 0.5) is 0 Å². The van der Waals surface area contributed by atoms with Crippen molar-refractivity contribution in [2.75, 3.05) is 32.9 Å². The Morgan fingerprint density at radius 1 is 0.846 bits per heavy atom. The highest BCUT2D eigenvalue weighted by Crippen LogP contribution is 2.24. The quantitative estimate of drug-likeness (QED) is 0.372. The van der Waals surface area contributed by atoms with Crippen molar-refractivity contribution < 1.29 is 19.1 Å². The molecule has 1 fully saturated rings. The lowest BCUT2D eigenvalue weighted by atomic mass is 9.86. The summed E-state index contributed by atoms with van der Waals surface area (Å²) in [6.45, 7) is 9.16. The van der Waals surface area contributed by atoms with E-state index in [4.69, 9.17) is 9.47 Å².